The lowest BCUT2D eigenvalue weighted by atomic mass is 9.81. The Morgan fingerprint density at radius 2 is 1.23 bits per heavy atom. The van der Waals surface area contributed by atoms with Crippen LogP contribution in [0.3, 0.4) is 0 Å². The summed E-state index contributed by atoms with van der Waals surface area (Å²) in [6.45, 7) is 0. The highest BCUT2D eigenvalue weighted by Gasteiger charge is 2.40. The molecule has 1 aliphatic rings. The molecule has 11 heteroatoms. The van der Waals surface area contributed by atoms with Crippen molar-refractivity contribution >= 4 is 5.97 Å². The predicted octanol–water partition coefficient (Wildman–Crippen LogP) is 5.84. The van der Waals surface area contributed by atoms with Gasteiger partial charge in [0, 0.05) is 35.2 Å². The van der Waals surface area contributed by atoms with Crippen molar-refractivity contribution in [2.75, 3.05) is 42.7 Å². The number of hydrogen-bond acceptors (Lipinski definition) is 7. The Morgan fingerprint density at radius 3 is 1.70 bits per heavy atom. The summed E-state index contributed by atoms with van der Waals surface area (Å²) in [6, 6.07) is 16.0. The molecule has 1 unspecified atom stereocenters. The van der Waals surface area contributed by atoms with E-state index in [-0.39, 0.29) is 11.8 Å². The average molecular weight is 565 g/mol. The minimum Gasteiger partial charge on any atom is -0.497 e. The molecule has 0 saturated heterocycles. The number of rotatable bonds is 8. The molecule has 0 aromatic heterocycles. The van der Waals surface area contributed by atoms with Crippen LogP contribution in [-0.2, 0) is 11.2 Å². The van der Waals surface area contributed by atoms with E-state index in [0.29, 0.717) is 0 Å². The first-order valence-corrected chi connectivity index (χ1v) is 12.0. The molecule has 1 aliphatic carbocycles. The van der Waals surface area contributed by atoms with E-state index < -0.39 is 12.1 Å². The van der Waals surface area contributed by atoms with Gasteiger partial charge in [-0.25, -0.2) is 4.79 Å². The van der Waals surface area contributed by atoms with E-state index in [1.54, 1.807) is 42.7 Å². The third-order valence-electron chi connectivity index (χ3n) is 6.63. The highest BCUT2D eigenvalue weighted by Crippen LogP contribution is 2.55. The normalized spacial score (nSPS) is 15.7. The zero-order valence-electron chi connectivity index (χ0n) is 22.9. The van der Waals surface area contributed by atoms with Crippen LogP contribution >= 0.6 is 0 Å². The smallest absolute Gasteiger partial charge is 0.490 e. The molecule has 3 aromatic rings. The monoisotopic (exact) mass is 564 g/mol. The van der Waals surface area contributed by atoms with E-state index in [0.717, 1.165) is 57.6 Å². The van der Waals surface area contributed by atoms with Crippen LogP contribution in [-0.4, -0.2) is 59.9 Å². The number of carboxylic acids is 1. The lowest BCUT2D eigenvalue weighted by molar-refractivity contribution is -0.192. The van der Waals surface area contributed by atoms with Crippen molar-refractivity contribution in [3.05, 3.63) is 70.8 Å². The standard InChI is InChI=1S/C27H30O6.C2HF3O2/c1-28-18-7-8-22(24(14-18)32-5)27-23(16-9-19(29-2)13-20(10-16)30-3)12-17-11-21(31-4)15-25(33-6)26(17)27;3-2(4,5)1(6)7/h7-11,13-15,23,27H,12H2,1-6H3;(H,6,7)/t23?,27-;/m1./s1. The summed E-state index contributed by atoms with van der Waals surface area (Å²) < 4.78 is 65.5. The van der Waals surface area contributed by atoms with Crippen molar-refractivity contribution in [1.29, 1.82) is 0 Å². The molecule has 0 bridgehead atoms. The number of alkyl halides is 3. The van der Waals surface area contributed by atoms with E-state index in [4.69, 9.17) is 38.3 Å². The molecule has 8 nitrogen and oxygen atoms in total. The molecule has 0 saturated carbocycles. The summed E-state index contributed by atoms with van der Waals surface area (Å²) >= 11 is 0. The molecule has 0 aliphatic heterocycles. The van der Waals surface area contributed by atoms with Crippen LogP contribution in [0.5, 0.6) is 34.5 Å². The van der Waals surface area contributed by atoms with Gasteiger partial charge in [0.05, 0.1) is 42.7 Å². The van der Waals surface area contributed by atoms with Crippen molar-refractivity contribution in [3.8, 4) is 34.5 Å². The molecule has 0 radical (unpaired) electrons. The quantitative estimate of drug-likeness (QED) is 0.365. The Labute approximate surface area is 230 Å². The van der Waals surface area contributed by atoms with Crippen molar-refractivity contribution in [2.24, 2.45) is 0 Å². The predicted molar refractivity (Wildman–Crippen MR) is 141 cm³/mol. The zero-order chi connectivity index (χ0) is 29.6. The second-order valence-electron chi connectivity index (χ2n) is 8.75. The highest BCUT2D eigenvalue weighted by molar-refractivity contribution is 5.73. The number of carbonyl (C=O) groups is 1. The molecule has 1 N–H and O–H groups in total. The fraction of sp³-hybridized carbons (Fsp3) is 0.345. The summed E-state index contributed by atoms with van der Waals surface area (Å²) in [4.78, 5) is 8.90. The van der Waals surface area contributed by atoms with Gasteiger partial charge in [0.15, 0.2) is 0 Å². The van der Waals surface area contributed by atoms with Crippen LogP contribution in [0.15, 0.2) is 48.5 Å². The number of ether oxygens (including phenoxy) is 6. The highest BCUT2D eigenvalue weighted by atomic mass is 19.4. The summed E-state index contributed by atoms with van der Waals surface area (Å²) in [5, 5.41) is 7.12. The molecule has 2 atom stereocenters. The minimum atomic E-state index is -5.08. The topological polar surface area (TPSA) is 92.7 Å². The van der Waals surface area contributed by atoms with Gasteiger partial charge in [0.25, 0.3) is 0 Å². The Balaban J connectivity index is 0.000000559. The Kier molecular flexibility index (Phi) is 9.62. The number of aliphatic carboxylic acids is 1. The van der Waals surface area contributed by atoms with Gasteiger partial charge in [-0.3, -0.25) is 0 Å². The first-order chi connectivity index (χ1) is 19.0. The third kappa shape index (κ3) is 6.47. The molecular formula is C29H31F3O8. The van der Waals surface area contributed by atoms with Gasteiger partial charge < -0.3 is 33.5 Å². The number of halogens is 3. The second-order valence-corrected chi connectivity index (χ2v) is 8.75. The number of hydrogen-bond donors (Lipinski definition) is 1. The van der Waals surface area contributed by atoms with Crippen LogP contribution in [0.2, 0.25) is 0 Å². The largest absolute Gasteiger partial charge is 0.497 e. The molecule has 0 spiro atoms. The maximum absolute atomic E-state index is 10.6. The van der Waals surface area contributed by atoms with Crippen molar-refractivity contribution < 1.29 is 51.5 Å². The van der Waals surface area contributed by atoms with Crippen LogP contribution < -0.4 is 28.4 Å². The van der Waals surface area contributed by atoms with Gasteiger partial charge in [0.1, 0.15) is 34.5 Å². The Hall–Kier alpha value is -4.28. The first kappa shape index (κ1) is 30.3. The van der Waals surface area contributed by atoms with Crippen LogP contribution in [0.25, 0.3) is 0 Å². The lowest BCUT2D eigenvalue weighted by Crippen LogP contribution is -2.21. The van der Waals surface area contributed by atoms with Crippen LogP contribution in [0.4, 0.5) is 13.2 Å². The number of benzene rings is 3. The minimum absolute atomic E-state index is 0.0153. The Morgan fingerprint density at radius 1 is 0.725 bits per heavy atom. The number of carboxylic acid groups (broad SMARTS) is 1. The number of fused-ring (bicyclic) bond motifs is 1. The van der Waals surface area contributed by atoms with Crippen molar-refractivity contribution in [3.63, 3.8) is 0 Å². The fourth-order valence-corrected chi connectivity index (χ4v) is 4.82. The van der Waals surface area contributed by atoms with Gasteiger partial charge in [-0.05, 0) is 47.7 Å². The van der Waals surface area contributed by atoms with E-state index in [9.17, 15) is 13.2 Å². The molecule has 216 valence electrons. The summed E-state index contributed by atoms with van der Waals surface area (Å²) in [7, 11) is 10.0. The van der Waals surface area contributed by atoms with E-state index in [1.807, 2.05) is 24.3 Å². The summed E-state index contributed by atoms with van der Waals surface area (Å²) in [5.41, 5.74) is 4.49. The van der Waals surface area contributed by atoms with E-state index >= 15 is 0 Å². The fourth-order valence-electron chi connectivity index (χ4n) is 4.82. The summed E-state index contributed by atoms with van der Waals surface area (Å²) in [6.07, 6.45) is -4.28. The van der Waals surface area contributed by atoms with Crippen LogP contribution in [0.1, 0.15) is 34.1 Å². The zero-order valence-corrected chi connectivity index (χ0v) is 22.9. The lowest BCUT2D eigenvalue weighted by Gasteiger charge is -2.25. The first-order valence-electron chi connectivity index (χ1n) is 12.0. The molecule has 0 heterocycles. The maximum Gasteiger partial charge on any atom is 0.490 e. The summed E-state index contributed by atoms with van der Waals surface area (Å²) in [5.74, 6) is 1.92. The van der Waals surface area contributed by atoms with Crippen molar-refractivity contribution in [2.45, 2.75) is 24.4 Å². The van der Waals surface area contributed by atoms with Crippen LogP contribution in [0, 0.1) is 0 Å². The van der Waals surface area contributed by atoms with Gasteiger partial charge >= 0.3 is 12.1 Å². The van der Waals surface area contributed by atoms with Gasteiger partial charge in [-0.15, -0.1) is 0 Å². The second kappa shape index (κ2) is 12.7. The molecule has 4 rings (SSSR count). The maximum atomic E-state index is 10.6. The molecule has 0 fully saturated rings. The molecule has 40 heavy (non-hydrogen) atoms. The van der Waals surface area contributed by atoms with Gasteiger partial charge in [-0.1, -0.05) is 6.07 Å². The van der Waals surface area contributed by atoms with Crippen molar-refractivity contribution in [1.82, 2.24) is 0 Å². The molecule has 3 aromatic carbocycles. The number of methoxy groups -OCH3 is 6. The van der Waals surface area contributed by atoms with E-state index in [2.05, 4.69) is 24.3 Å². The Bertz CT molecular complexity index is 1320. The van der Waals surface area contributed by atoms with E-state index in [1.165, 1.54) is 5.56 Å². The van der Waals surface area contributed by atoms with Gasteiger partial charge in [0.2, 0.25) is 0 Å². The SMILES string of the molecule is COc1cc(OC)cc(C2Cc3cc(OC)cc(OC)c3[C@@H]2c2ccc(OC)cc2OC)c1.O=C(O)C(F)(F)F. The van der Waals surface area contributed by atoms with Gasteiger partial charge in [-0.2, -0.15) is 13.2 Å². The molecular weight excluding hydrogens is 533 g/mol. The third-order valence-corrected chi connectivity index (χ3v) is 6.63. The molecule has 0 amide bonds. The average Bonchev–Trinajstić information content (AvgIpc) is 3.35.